The zero-order chi connectivity index (χ0) is 20.7. The van der Waals surface area contributed by atoms with E-state index < -0.39 is 23.2 Å². The van der Waals surface area contributed by atoms with Crippen molar-refractivity contribution < 1.29 is 23.1 Å². The second kappa shape index (κ2) is 7.20. The van der Waals surface area contributed by atoms with Crippen LogP contribution in [0.1, 0.15) is 43.9 Å². The van der Waals surface area contributed by atoms with Crippen molar-refractivity contribution >= 4 is 5.91 Å². The number of hydrogen-bond donors (Lipinski definition) is 1. The third-order valence-corrected chi connectivity index (χ3v) is 5.38. The maximum atomic E-state index is 14.3. The molecule has 1 N–H and O–H groups in total. The van der Waals surface area contributed by atoms with Crippen LogP contribution in [0, 0.1) is 12.7 Å². The van der Waals surface area contributed by atoms with Gasteiger partial charge >= 0.3 is 0 Å². The lowest BCUT2D eigenvalue weighted by atomic mass is 9.91. The molecular formula is C19H23F3N4O2. The fourth-order valence-electron chi connectivity index (χ4n) is 3.37. The number of aliphatic hydroxyl groups is 1. The summed E-state index contributed by atoms with van der Waals surface area (Å²) in [5.74, 6) is -5.02. The monoisotopic (exact) mass is 396 g/mol. The number of nitrogens with zero attached hydrogens (tertiary/aromatic N) is 4. The van der Waals surface area contributed by atoms with Crippen molar-refractivity contribution in [3.05, 3.63) is 41.5 Å². The van der Waals surface area contributed by atoms with Gasteiger partial charge < -0.3 is 10.0 Å². The van der Waals surface area contributed by atoms with Gasteiger partial charge in [0.15, 0.2) is 0 Å². The highest BCUT2D eigenvalue weighted by Crippen LogP contribution is 2.34. The van der Waals surface area contributed by atoms with Gasteiger partial charge in [0.05, 0.1) is 11.9 Å². The summed E-state index contributed by atoms with van der Waals surface area (Å²) in [6.45, 7) is 3.56. The van der Waals surface area contributed by atoms with Crippen LogP contribution in [0.2, 0.25) is 0 Å². The lowest BCUT2D eigenvalue weighted by Gasteiger charge is -2.38. The lowest BCUT2D eigenvalue weighted by Crippen LogP contribution is -2.57. The topological polar surface area (TPSA) is 71.2 Å². The number of piperidine rings is 1. The molecule has 152 valence electrons. The van der Waals surface area contributed by atoms with Crippen LogP contribution in [0.5, 0.6) is 0 Å². The van der Waals surface area contributed by atoms with E-state index in [4.69, 9.17) is 0 Å². The number of carbonyl (C=O) groups is 1. The molecule has 0 saturated carbocycles. The molecule has 1 aliphatic heterocycles. The molecule has 1 aromatic carbocycles. The molecule has 6 nitrogen and oxygen atoms in total. The number of alkyl halides is 2. The van der Waals surface area contributed by atoms with Crippen molar-refractivity contribution in [1.29, 1.82) is 0 Å². The zero-order valence-corrected chi connectivity index (χ0v) is 16.0. The van der Waals surface area contributed by atoms with Crippen molar-refractivity contribution in [3.8, 4) is 5.69 Å². The van der Waals surface area contributed by atoms with Gasteiger partial charge in [-0.2, -0.15) is 0 Å². The van der Waals surface area contributed by atoms with E-state index in [1.165, 1.54) is 15.6 Å². The van der Waals surface area contributed by atoms with Crippen LogP contribution in [-0.2, 0) is 4.79 Å². The van der Waals surface area contributed by atoms with Gasteiger partial charge in [-0.25, -0.2) is 17.9 Å². The average molecular weight is 396 g/mol. The number of amides is 1. The molecule has 0 bridgehead atoms. The number of rotatable bonds is 4. The molecule has 28 heavy (non-hydrogen) atoms. The van der Waals surface area contributed by atoms with E-state index in [9.17, 15) is 23.1 Å². The number of hydrogen-bond acceptors (Lipinski definition) is 4. The summed E-state index contributed by atoms with van der Waals surface area (Å²) in [6, 6.07) is 4.81. The largest absolute Gasteiger partial charge is 0.375 e. The van der Waals surface area contributed by atoms with Gasteiger partial charge in [0.1, 0.15) is 11.5 Å². The van der Waals surface area contributed by atoms with E-state index in [2.05, 4.69) is 10.3 Å². The van der Waals surface area contributed by atoms with Crippen molar-refractivity contribution in [2.45, 2.75) is 51.1 Å². The molecule has 2 aromatic rings. The highest BCUT2D eigenvalue weighted by Gasteiger charge is 2.52. The zero-order valence-electron chi connectivity index (χ0n) is 16.0. The van der Waals surface area contributed by atoms with Crippen molar-refractivity contribution in [1.82, 2.24) is 19.9 Å². The van der Waals surface area contributed by atoms with E-state index in [-0.39, 0.29) is 24.7 Å². The molecule has 1 saturated heterocycles. The molecule has 1 aliphatic rings. The van der Waals surface area contributed by atoms with E-state index in [1.807, 2.05) is 0 Å². The molecule has 3 rings (SSSR count). The molecule has 0 radical (unpaired) electrons. The van der Waals surface area contributed by atoms with Crippen molar-refractivity contribution in [3.63, 3.8) is 0 Å². The Hall–Kier alpha value is -2.42. The molecular weight excluding hydrogens is 373 g/mol. The van der Waals surface area contributed by atoms with Gasteiger partial charge in [-0.1, -0.05) is 11.3 Å². The molecule has 1 aromatic heterocycles. The summed E-state index contributed by atoms with van der Waals surface area (Å²) in [4.78, 5) is 13.6. The van der Waals surface area contributed by atoms with Gasteiger partial charge in [-0.15, -0.1) is 5.10 Å². The summed E-state index contributed by atoms with van der Waals surface area (Å²) in [5, 5.41) is 17.8. The summed E-state index contributed by atoms with van der Waals surface area (Å²) in [7, 11) is 0. The van der Waals surface area contributed by atoms with Gasteiger partial charge in [0, 0.05) is 25.9 Å². The van der Waals surface area contributed by atoms with Gasteiger partial charge in [0.25, 0.3) is 11.8 Å². The Balaban J connectivity index is 1.75. The highest BCUT2D eigenvalue weighted by molar-refractivity contribution is 5.85. The lowest BCUT2D eigenvalue weighted by molar-refractivity contribution is -0.190. The van der Waals surface area contributed by atoms with Crippen molar-refractivity contribution in [2.75, 3.05) is 13.1 Å². The van der Waals surface area contributed by atoms with Crippen LogP contribution in [0.25, 0.3) is 5.69 Å². The number of halogens is 3. The van der Waals surface area contributed by atoms with Gasteiger partial charge in [-0.05, 0) is 44.4 Å². The minimum atomic E-state index is -3.55. The van der Waals surface area contributed by atoms with Crippen LogP contribution < -0.4 is 0 Å². The third-order valence-electron chi connectivity index (χ3n) is 5.38. The Morgan fingerprint density at radius 1 is 1.25 bits per heavy atom. The Morgan fingerprint density at radius 2 is 1.89 bits per heavy atom. The molecule has 0 unspecified atom stereocenters. The smallest absolute Gasteiger partial charge is 0.282 e. The first-order valence-electron chi connectivity index (χ1n) is 9.09. The van der Waals surface area contributed by atoms with Crippen LogP contribution in [-0.4, -0.2) is 55.5 Å². The molecule has 2 heterocycles. The van der Waals surface area contributed by atoms with E-state index >= 15 is 0 Å². The molecule has 0 aliphatic carbocycles. The number of likely N-dealkylation sites (tertiary alicyclic amines) is 1. The predicted octanol–water partition coefficient (Wildman–Crippen LogP) is 2.83. The standard InChI is InChI=1S/C19H23F3N4O2/c1-12-4-5-15(14(20)10-12)26-16(11-23-24-26)13-6-8-25(9-7-13)17(27)18(2,28)19(3,21)22/h4-5,10-11,13,28H,6-9H2,1-3H3/t18-/m1/s1. The maximum absolute atomic E-state index is 14.3. The first kappa shape index (κ1) is 20.3. The number of aryl methyl sites for hydroxylation is 1. The van der Waals surface area contributed by atoms with Gasteiger partial charge in [-0.3, -0.25) is 4.79 Å². The Kier molecular flexibility index (Phi) is 5.22. The average Bonchev–Trinajstić information content (AvgIpc) is 3.09. The van der Waals surface area contributed by atoms with E-state index in [0.717, 1.165) is 12.5 Å². The number of benzene rings is 1. The van der Waals surface area contributed by atoms with Crippen LogP contribution in [0.4, 0.5) is 13.2 Å². The Labute approximate surface area is 161 Å². The molecule has 1 fully saturated rings. The minimum absolute atomic E-state index is 0.0631. The maximum Gasteiger partial charge on any atom is 0.282 e. The SMILES string of the molecule is Cc1ccc(-n2nncc2C2CCN(C(=O)[C@@](C)(O)C(C)(F)F)CC2)c(F)c1. The molecule has 1 amide bonds. The van der Waals surface area contributed by atoms with Gasteiger partial charge in [0.2, 0.25) is 5.60 Å². The summed E-state index contributed by atoms with van der Waals surface area (Å²) >= 11 is 0. The Morgan fingerprint density at radius 3 is 2.46 bits per heavy atom. The summed E-state index contributed by atoms with van der Waals surface area (Å²) in [6.07, 6.45) is 2.49. The first-order valence-corrected chi connectivity index (χ1v) is 9.09. The highest BCUT2D eigenvalue weighted by atomic mass is 19.3. The first-order chi connectivity index (χ1) is 13.0. The third kappa shape index (κ3) is 3.63. The van der Waals surface area contributed by atoms with Crippen LogP contribution >= 0.6 is 0 Å². The minimum Gasteiger partial charge on any atom is -0.375 e. The number of aromatic nitrogens is 3. The normalized spacial score (nSPS) is 18.2. The van der Waals surface area contributed by atoms with Crippen LogP contribution in [0.3, 0.4) is 0 Å². The Bertz CT molecular complexity index is 868. The molecule has 9 heteroatoms. The fourth-order valence-corrected chi connectivity index (χ4v) is 3.37. The summed E-state index contributed by atoms with van der Waals surface area (Å²) in [5.41, 5.74) is -0.990. The molecule has 0 spiro atoms. The number of carbonyl (C=O) groups excluding carboxylic acids is 1. The van der Waals surface area contributed by atoms with E-state index in [1.54, 1.807) is 25.3 Å². The van der Waals surface area contributed by atoms with Crippen LogP contribution in [0.15, 0.2) is 24.4 Å². The molecule has 1 atom stereocenters. The van der Waals surface area contributed by atoms with Crippen molar-refractivity contribution in [2.24, 2.45) is 0 Å². The fraction of sp³-hybridized carbons (Fsp3) is 0.526. The predicted molar refractivity (Wildman–Crippen MR) is 95.9 cm³/mol. The second-order valence-corrected chi connectivity index (χ2v) is 7.55. The van der Waals surface area contributed by atoms with E-state index in [0.29, 0.717) is 25.5 Å². The second-order valence-electron chi connectivity index (χ2n) is 7.55. The quantitative estimate of drug-likeness (QED) is 0.863. The summed E-state index contributed by atoms with van der Waals surface area (Å²) < 4.78 is 42.9.